The van der Waals surface area contributed by atoms with E-state index in [9.17, 15) is 19.2 Å². The number of nitrogens with zero attached hydrogens (tertiary/aromatic N) is 3. The van der Waals surface area contributed by atoms with Crippen LogP contribution >= 0.6 is 0 Å². The predicted molar refractivity (Wildman–Crippen MR) is 100 cm³/mol. The van der Waals surface area contributed by atoms with Crippen LogP contribution in [0, 0.1) is 5.92 Å². The first kappa shape index (κ1) is 22.0. The van der Waals surface area contributed by atoms with Gasteiger partial charge < -0.3 is 24.2 Å². The van der Waals surface area contributed by atoms with Crippen molar-refractivity contribution in [3.8, 4) is 0 Å². The molecule has 0 atom stereocenters. The average molecular weight is 397 g/mol. The summed E-state index contributed by atoms with van der Waals surface area (Å²) >= 11 is 0. The molecular formula is C19H31N3O6. The molecule has 9 heteroatoms. The molecule has 2 aliphatic rings. The summed E-state index contributed by atoms with van der Waals surface area (Å²) in [5.41, 5.74) is 0. The molecule has 2 fully saturated rings. The van der Waals surface area contributed by atoms with Gasteiger partial charge in [-0.25, -0.2) is 4.79 Å². The van der Waals surface area contributed by atoms with E-state index in [-0.39, 0.29) is 42.6 Å². The average Bonchev–Trinajstić information content (AvgIpc) is 2.72. The number of piperazine rings is 1. The Morgan fingerprint density at radius 3 is 1.68 bits per heavy atom. The third-order valence-electron chi connectivity index (χ3n) is 5.18. The van der Waals surface area contributed by atoms with Crippen molar-refractivity contribution in [1.29, 1.82) is 0 Å². The van der Waals surface area contributed by atoms with Crippen LogP contribution in [0.25, 0.3) is 0 Å². The summed E-state index contributed by atoms with van der Waals surface area (Å²) in [5, 5.41) is 0. The van der Waals surface area contributed by atoms with Gasteiger partial charge in [-0.05, 0) is 26.7 Å². The monoisotopic (exact) mass is 397 g/mol. The third kappa shape index (κ3) is 6.10. The van der Waals surface area contributed by atoms with E-state index in [2.05, 4.69) is 0 Å². The zero-order valence-corrected chi connectivity index (χ0v) is 16.9. The second-order valence-corrected chi connectivity index (χ2v) is 6.97. The summed E-state index contributed by atoms with van der Waals surface area (Å²) in [6.07, 6.45) is 1.19. The molecule has 0 bridgehead atoms. The van der Waals surface area contributed by atoms with Gasteiger partial charge in [0.15, 0.2) is 0 Å². The number of piperidine rings is 1. The minimum atomic E-state index is -0.351. The number of amides is 3. The maximum Gasteiger partial charge on any atom is 0.409 e. The molecule has 28 heavy (non-hydrogen) atoms. The topological polar surface area (TPSA) is 96.5 Å². The van der Waals surface area contributed by atoms with Crippen molar-refractivity contribution >= 4 is 23.9 Å². The van der Waals surface area contributed by atoms with E-state index in [0.29, 0.717) is 65.3 Å². The molecule has 0 aromatic heterocycles. The molecule has 0 radical (unpaired) electrons. The molecular weight excluding hydrogens is 366 g/mol. The van der Waals surface area contributed by atoms with E-state index in [0.717, 1.165) is 0 Å². The Bertz CT molecular complexity index is 516. The standard InChI is InChI=1S/C19H31N3O6/c1-3-27-18(25)15-7-9-20(10-8-15)16(23)5-6-17(24)21-11-13-22(14-12-21)19(26)28-4-2/h15H,3-14H2,1-2H3. The van der Waals surface area contributed by atoms with Gasteiger partial charge in [0.2, 0.25) is 11.8 Å². The molecule has 3 amide bonds. The summed E-state index contributed by atoms with van der Waals surface area (Å²) in [5.74, 6) is -0.452. The number of esters is 1. The van der Waals surface area contributed by atoms with Crippen LogP contribution in [0.15, 0.2) is 0 Å². The lowest BCUT2D eigenvalue weighted by atomic mass is 9.96. The SMILES string of the molecule is CCOC(=O)C1CCN(C(=O)CCC(=O)N2CCN(C(=O)OCC)CC2)CC1. The molecule has 2 rings (SSSR count). The molecule has 0 aromatic rings. The van der Waals surface area contributed by atoms with E-state index in [1.807, 2.05) is 0 Å². The van der Waals surface area contributed by atoms with Gasteiger partial charge in [0.25, 0.3) is 0 Å². The largest absolute Gasteiger partial charge is 0.466 e. The van der Waals surface area contributed by atoms with E-state index in [1.54, 1.807) is 28.5 Å². The Hall–Kier alpha value is -2.32. The zero-order chi connectivity index (χ0) is 20.5. The normalized spacial score (nSPS) is 18.0. The molecule has 2 saturated heterocycles. The van der Waals surface area contributed by atoms with E-state index in [4.69, 9.17) is 9.47 Å². The van der Waals surface area contributed by atoms with E-state index in [1.165, 1.54) is 0 Å². The minimum absolute atomic E-state index is 0.0548. The summed E-state index contributed by atoms with van der Waals surface area (Å²) in [6.45, 7) is 7.08. The first-order valence-electron chi connectivity index (χ1n) is 10.1. The van der Waals surface area contributed by atoms with Crippen LogP contribution in [0.2, 0.25) is 0 Å². The van der Waals surface area contributed by atoms with Gasteiger partial charge in [-0.1, -0.05) is 0 Å². The van der Waals surface area contributed by atoms with Crippen LogP contribution in [0.3, 0.4) is 0 Å². The molecule has 0 saturated carbocycles. The lowest BCUT2D eigenvalue weighted by Crippen LogP contribution is -2.50. The highest BCUT2D eigenvalue weighted by atomic mass is 16.6. The fourth-order valence-electron chi connectivity index (χ4n) is 3.51. The summed E-state index contributed by atoms with van der Waals surface area (Å²) in [6, 6.07) is 0. The highest BCUT2D eigenvalue weighted by Crippen LogP contribution is 2.19. The van der Waals surface area contributed by atoms with Crippen molar-refractivity contribution in [3.63, 3.8) is 0 Å². The quantitative estimate of drug-likeness (QED) is 0.617. The number of carbonyl (C=O) groups is 4. The molecule has 9 nitrogen and oxygen atoms in total. The van der Waals surface area contributed by atoms with Crippen molar-refractivity contribution < 1.29 is 28.7 Å². The van der Waals surface area contributed by atoms with Crippen LogP contribution in [0.4, 0.5) is 4.79 Å². The van der Waals surface area contributed by atoms with Gasteiger partial charge in [0.05, 0.1) is 19.1 Å². The molecule has 2 heterocycles. The van der Waals surface area contributed by atoms with Gasteiger partial charge in [0.1, 0.15) is 0 Å². The number of rotatable bonds is 6. The predicted octanol–water partition coefficient (Wildman–Crippen LogP) is 0.869. The Labute approximate surface area is 165 Å². The highest BCUT2D eigenvalue weighted by molar-refractivity contribution is 5.84. The summed E-state index contributed by atoms with van der Waals surface area (Å²) in [4.78, 5) is 53.2. The van der Waals surface area contributed by atoms with Crippen molar-refractivity contribution in [2.45, 2.75) is 39.5 Å². The second kappa shape index (κ2) is 10.9. The van der Waals surface area contributed by atoms with E-state index >= 15 is 0 Å². The Kier molecular flexibility index (Phi) is 8.53. The second-order valence-electron chi connectivity index (χ2n) is 6.97. The van der Waals surface area contributed by atoms with Gasteiger partial charge >= 0.3 is 12.1 Å². The molecule has 0 aliphatic carbocycles. The van der Waals surface area contributed by atoms with Crippen molar-refractivity contribution in [2.75, 3.05) is 52.5 Å². The summed E-state index contributed by atoms with van der Waals surface area (Å²) < 4.78 is 10.00. The van der Waals surface area contributed by atoms with Crippen molar-refractivity contribution in [2.24, 2.45) is 5.92 Å². The highest BCUT2D eigenvalue weighted by Gasteiger charge is 2.29. The number of likely N-dealkylation sites (tertiary alicyclic amines) is 1. The van der Waals surface area contributed by atoms with Gasteiger partial charge in [-0.15, -0.1) is 0 Å². The van der Waals surface area contributed by atoms with Crippen LogP contribution in [-0.4, -0.2) is 91.1 Å². The minimum Gasteiger partial charge on any atom is -0.466 e. The molecule has 158 valence electrons. The van der Waals surface area contributed by atoms with Crippen LogP contribution in [0.1, 0.15) is 39.5 Å². The van der Waals surface area contributed by atoms with Gasteiger partial charge in [-0.2, -0.15) is 0 Å². The molecule has 0 aromatic carbocycles. The first-order chi connectivity index (χ1) is 13.5. The fourth-order valence-corrected chi connectivity index (χ4v) is 3.51. The van der Waals surface area contributed by atoms with Crippen LogP contribution in [-0.2, 0) is 23.9 Å². The van der Waals surface area contributed by atoms with Gasteiger partial charge in [0, 0.05) is 52.1 Å². The third-order valence-corrected chi connectivity index (χ3v) is 5.18. The van der Waals surface area contributed by atoms with Crippen LogP contribution in [0.5, 0.6) is 0 Å². The van der Waals surface area contributed by atoms with Gasteiger partial charge in [-0.3, -0.25) is 14.4 Å². The summed E-state index contributed by atoms with van der Waals surface area (Å²) in [7, 11) is 0. The fraction of sp³-hybridized carbons (Fsp3) is 0.789. The van der Waals surface area contributed by atoms with Crippen molar-refractivity contribution in [3.05, 3.63) is 0 Å². The Morgan fingerprint density at radius 2 is 1.18 bits per heavy atom. The molecule has 2 aliphatic heterocycles. The maximum absolute atomic E-state index is 12.4. The first-order valence-corrected chi connectivity index (χ1v) is 10.1. The lowest BCUT2D eigenvalue weighted by Gasteiger charge is -2.34. The van der Waals surface area contributed by atoms with Crippen molar-refractivity contribution in [1.82, 2.24) is 14.7 Å². The number of ether oxygens (including phenoxy) is 2. The Morgan fingerprint density at radius 1 is 0.714 bits per heavy atom. The molecule has 0 N–H and O–H groups in total. The maximum atomic E-state index is 12.4. The molecule has 0 spiro atoms. The number of hydrogen-bond acceptors (Lipinski definition) is 6. The number of hydrogen-bond donors (Lipinski definition) is 0. The molecule has 0 unspecified atom stereocenters. The Balaban J connectivity index is 1.67. The lowest BCUT2D eigenvalue weighted by molar-refractivity contribution is -0.151. The van der Waals surface area contributed by atoms with E-state index < -0.39 is 0 Å². The van der Waals surface area contributed by atoms with Crippen LogP contribution < -0.4 is 0 Å². The smallest absolute Gasteiger partial charge is 0.409 e. The zero-order valence-electron chi connectivity index (χ0n) is 16.9. The number of carbonyl (C=O) groups excluding carboxylic acids is 4.